The molecule has 1 aliphatic heterocycles. The molecule has 2 aromatic carbocycles. The van der Waals surface area contributed by atoms with E-state index in [0.717, 1.165) is 29.8 Å². The number of nitrogens with zero attached hydrogens (tertiary/aromatic N) is 2. The van der Waals surface area contributed by atoms with E-state index in [0.29, 0.717) is 25.2 Å². The number of hydrogen-bond acceptors (Lipinski definition) is 4. The minimum Gasteiger partial charge on any atom is -0.497 e. The number of fused-ring (bicyclic) bond motifs is 1. The quantitative estimate of drug-likeness (QED) is 0.687. The zero-order chi connectivity index (χ0) is 21.2. The Bertz CT molecular complexity index is 1020. The summed E-state index contributed by atoms with van der Waals surface area (Å²) in [7, 11) is -2.16. The molecule has 0 unspecified atom stereocenters. The fraction of sp³-hybridized carbons (Fsp3) is 0.381. The topological polar surface area (TPSA) is 66.9 Å². The number of methoxy groups -OCH3 is 1. The van der Waals surface area contributed by atoms with Crippen LogP contribution in [0.5, 0.6) is 5.75 Å². The molecule has 0 spiro atoms. The lowest BCUT2D eigenvalue weighted by atomic mass is 10.0. The number of halogens is 1. The maximum absolute atomic E-state index is 13.3. The smallest absolute Gasteiger partial charge is 0.258 e. The molecular weight excluding hydrogens is 412 g/mol. The van der Waals surface area contributed by atoms with Crippen molar-refractivity contribution >= 4 is 33.2 Å². The van der Waals surface area contributed by atoms with Crippen molar-refractivity contribution in [1.29, 1.82) is 0 Å². The first-order valence-electron chi connectivity index (χ1n) is 9.62. The number of sulfonamides is 1. The summed E-state index contributed by atoms with van der Waals surface area (Å²) in [4.78, 5) is 14.9. The van der Waals surface area contributed by atoms with Crippen molar-refractivity contribution in [3.8, 4) is 5.75 Å². The highest BCUT2D eigenvalue weighted by Gasteiger charge is 2.28. The summed E-state index contributed by atoms with van der Waals surface area (Å²) >= 11 is 6.20. The van der Waals surface area contributed by atoms with E-state index in [1.807, 2.05) is 18.2 Å². The highest BCUT2D eigenvalue weighted by Crippen LogP contribution is 2.33. The zero-order valence-electron chi connectivity index (χ0n) is 16.8. The van der Waals surface area contributed by atoms with Crippen molar-refractivity contribution in [3.63, 3.8) is 0 Å². The first-order chi connectivity index (χ1) is 13.8. The third-order valence-electron chi connectivity index (χ3n) is 5.15. The average Bonchev–Trinajstić information content (AvgIpc) is 2.73. The van der Waals surface area contributed by atoms with Crippen LogP contribution in [-0.4, -0.2) is 45.4 Å². The van der Waals surface area contributed by atoms with Crippen LogP contribution < -0.4 is 9.64 Å². The zero-order valence-corrected chi connectivity index (χ0v) is 18.4. The second-order valence-electron chi connectivity index (χ2n) is 6.79. The summed E-state index contributed by atoms with van der Waals surface area (Å²) in [6, 6.07) is 10.1. The number of carbonyl (C=O) groups excluding carboxylic acids is 1. The molecular formula is C21H25ClN2O4S. The van der Waals surface area contributed by atoms with E-state index < -0.39 is 10.0 Å². The average molecular weight is 437 g/mol. The summed E-state index contributed by atoms with van der Waals surface area (Å²) in [5.41, 5.74) is 2.16. The van der Waals surface area contributed by atoms with Crippen LogP contribution in [0.15, 0.2) is 41.3 Å². The summed E-state index contributed by atoms with van der Waals surface area (Å²) in [6.45, 7) is 4.76. The number of aryl methyl sites for hydroxylation is 1. The molecule has 29 heavy (non-hydrogen) atoms. The number of amides is 1. The number of ether oxygens (including phenoxy) is 1. The first kappa shape index (κ1) is 21.6. The van der Waals surface area contributed by atoms with E-state index in [-0.39, 0.29) is 15.8 Å². The number of hydrogen-bond donors (Lipinski definition) is 0. The van der Waals surface area contributed by atoms with E-state index in [4.69, 9.17) is 16.3 Å². The summed E-state index contributed by atoms with van der Waals surface area (Å²) < 4.78 is 32.5. The maximum Gasteiger partial charge on any atom is 0.258 e. The molecule has 6 nitrogen and oxygen atoms in total. The molecule has 8 heteroatoms. The predicted molar refractivity (Wildman–Crippen MR) is 115 cm³/mol. The van der Waals surface area contributed by atoms with Gasteiger partial charge in [-0.3, -0.25) is 4.79 Å². The van der Waals surface area contributed by atoms with Crippen molar-refractivity contribution in [2.45, 2.75) is 31.6 Å². The highest BCUT2D eigenvalue weighted by atomic mass is 35.5. The molecule has 1 aliphatic rings. The second-order valence-corrected chi connectivity index (χ2v) is 9.10. The Balaban J connectivity index is 2.00. The van der Waals surface area contributed by atoms with Gasteiger partial charge in [-0.2, -0.15) is 4.31 Å². The Morgan fingerprint density at radius 2 is 1.90 bits per heavy atom. The fourth-order valence-corrected chi connectivity index (χ4v) is 5.56. The van der Waals surface area contributed by atoms with Gasteiger partial charge < -0.3 is 9.64 Å². The molecule has 0 atom stereocenters. The Morgan fingerprint density at radius 3 is 2.55 bits per heavy atom. The summed E-state index contributed by atoms with van der Waals surface area (Å²) in [6.07, 6.45) is 1.68. The van der Waals surface area contributed by atoms with Crippen LogP contribution in [0.25, 0.3) is 0 Å². The Hall–Kier alpha value is -2.09. The van der Waals surface area contributed by atoms with E-state index in [1.54, 1.807) is 31.9 Å². The van der Waals surface area contributed by atoms with Gasteiger partial charge in [-0.15, -0.1) is 0 Å². The first-order valence-corrected chi connectivity index (χ1v) is 11.4. The number of anilines is 1. The van der Waals surface area contributed by atoms with Crippen molar-refractivity contribution in [2.75, 3.05) is 31.6 Å². The third kappa shape index (κ3) is 4.13. The molecule has 3 rings (SSSR count). The second kappa shape index (κ2) is 8.73. The summed E-state index contributed by atoms with van der Waals surface area (Å²) in [5.74, 6) is 0.501. The molecule has 0 aliphatic carbocycles. The van der Waals surface area contributed by atoms with E-state index >= 15 is 0 Å². The monoisotopic (exact) mass is 436 g/mol. The molecule has 0 saturated heterocycles. The Labute approximate surface area is 177 Å². The van der Waals surface area contributed by atoms with Crippen LogP contribution >= 0.6 is 11.6 Å². The van der Waals surface area contributed by atoms with Gasteiger partial charge in [0.25, 0.3) is 5.91 Å². The molecule has 1 amide bonds. The lowest BCUT2D eigenvalue weighted by Crippen LogP contribution is -2.36. The number of rotatable bonds is 6. The molecule has 0 radical (unpaired) electrons. The third-order valence-corrected chi connectivity index (χ3v) is 7.68. The number of carbonyl (C=O) groups is 1. The van der Waals surface area contributed by atoms with Crippen LogP contribution in [0.4, 0.5) is 5.69 Å². The molecule has 0 saturated carbocycles. The largest absolute Gasteiger partial charge is 0.497 e. The standard InChI is InChI=1S/C21H25ClN2O4S/c1-4-23(5-2)29(26,27)20-14-16(8-10-18(20)22)21(25)24-12-6-7-15-13-17(28-3)9-11-19(15)24/h8-11,13-14H,4-7,12H2,1-3H3. The molecule has 2 aromatic rings. The molecule has 1 heterocycles. The number of benzene rings is 2. The Kier molecular flexibility index (Phi) is 6.51. The molecule has 0 N–H and O–H groups in total. The minimum atomic E-state index is -3.77. The predicted octanol–water partition coefficient (Wildman–Crippen LogP) is 3.97. The van der Waals surface area contributed by atoms with Crippen LogP contribution in [0.3, 0.4) is 0 Å². The molecule has 156 valence electrons. The lowest BCUT2D eigenvalue weighted by molar-refractivity contribution is 0.0985. The van der Waals surface area contributed by atoms with Crippen molar-refractivity contribution in [3.05, 3.63) is 52.5 Å². The minimum absolute atomic E-state index is 0.0410. The SMILES string of the molecule is CCN(CC)S(=O)(=O)c1cc(C(=O)N2CCCc3cc(OC)ccc32)ccc1Cl. The van der Waals surface area contributed by atoms with Crippen molar-refractivity contribution in [1.82, 2.24) is 4.31 Å². The highest BCUT2D eigenvalue weighted by molar-refractivity contribution is 7.89. The van der Waals surface area contributed by atoms with Gasteiger partial charge in [0.15, 0.2) is 0 Å². The van der Waals surface area contributed by atoms with Crippen molar-refractivity contribution < 1.29 is 17.9 Å². The molecule has 0 aromatic heterocycles. The van der Waals surface area contributed by atoms with Gasteiger partial charge in [0.1, 0.15) is 10.6 Å². The van der Waals surface area contributed by atoms with Gasteiger partial charge in [-0.1, -0.05) is 25.4 Å². The van der Waals surface area contributed by atoms with E-state index in [2.05, 4.69) is 0 Å². The van der Waals surface area contributed by atoms with Gasteiger partial charge in [0.05, 0.1) is 12.1 Å². The fourth-order valence-electron chi connectivity index (χ4n) is 3.60. The van der Waals surface area contributed by atoms with Gasteiger partial charge >= 0.3 is 0 Å². The summed E-state index contributed by atoms with van der Waals surface area (Å²) in [5, 5.41) is 0.109. The normalized spacial score (nSPS) is 14.0. The van der Waals surface area contributed by atoms with E-state index in [1.165, 1.54) is 16.4 Å². The van der Waals surface area contributed by atoms with Gasteiger partial charge in [0.2, 0.25) is 10.0 Å². The van der Waals surface area contributed by atoms with E-state index in [9.17, 15) is 13.2 Å². The van der Waals surface area contributed by atoms with Gasteiger partial charge in [-0.25, -0.2) is 8.42 Å². The van der Waals surface area contributed by atoms with Crippen molar-refractivity contribution in [2.24, 2.45) is 0 Å². The van der Waals surface area contributed by atoms with Gasteiger partial charge in [0, 0.05) is 30.9 Å². The van der Waals surface area contributed by atoms with Crippen LogP contribution in [0.1, 0.15) is 36.2 Å². The van der Waals surface area contributed by atoms with Gasteiger partial charge in [-0.05, 0) is 54.8 Å². The van der Waals surface area contributed by atoms with Crippen LogP contribution in [0, 0.1) is 0 Å². The van der Waals surface area contributed by atoms with Crippen LogP contribution in [-0.2, 0) is 16.4 Å². The Morgan fingerprint density at radius 1 is 1.17 bits per heavy atom. The van der Waals surface area contributed by atoms with Crippen LogP contribution in [0.2, 0.25) is 5.02 Å². The molecule has 0 fully saturated rings. The maximum atomic E-state index is 13.3. The molecule has 0 bridgehead atoms. The lowest BCUT2D eigenvalue weighted by Gasteiger charge is -2.30.